The van der Waals surface area contributed by atoms with Gasteiger partial charge in [-0.15, -0.1) is 0 Å². The summed E-state index contributed by atoms with van der Waals surface area (Å²) < 4.78 is 0. The van der Waals surface area contributed by atoms with Crippen molar-refractivity contribution < 1.29 is 10.0 Å². The van der Waals surface area contributed by atoms with E-state index in [0.29, 0.717) is 18.9 Å². The zero-order chi connectivity index (χ0) is 13.1. The molecule has 1 aliphatic carbocycles. The molecule has 0 aromatic carbocycles. The van der Waals surface area contributed by atoms with Crippen molar-refractivity contribution in [2.45, 2.75) is 25.4 Å². The highest BCUT2D eigenvalue weighted by molar-refractivity contribution is 6.31. The lowest BCUT2D eigenvalue weighted by Crippen LogP contribution is -2.14. The first-order valence-corrected chi connectivity index (χ1v) is 6.02. The lowest BCUT2D eigenvalue weighted by Gasteiger charge is -2.11. The minimum absolute atomic E-state index is 0.126. The quantitative estimate of drug-likeness (QED) is 0.490. The zero-order valence-electron chi connectivity index (χ0n) is 9.54. The third-order valence-electron chi connectivity index (χ3n) is 3.03. The summed E-state index contributed by atoms with van der Waals surface area (Å²) in [6, 6.07) is 0. The number of aliphatic hydroxyl groups excluding tert-OH is 1. The van der Waals surface area contributed by atoms with Crippen LogP contribution in [-0.4, -0.2) is 32.6 Å². The van der Waals surface area contributed by atoms with E-state index >= 15 is 0 Å². The molecule has 8 heteroatoms. The molecule has 98 valence electrons. The second-order valence-corrected chi connectivity index (χ2v) is 4.69. The Labute approximate surface area is 108 Å². The summed E-state index contributed by atoms with van der Waals surface area (Å²) in [5.74, 6) is 0.426. The van der Waals surface area contributed by atoms with Gasteiger partial charge in [-0.25, -0.2) is 9.97 Å². The van der Waals surface area contributed by atoms with Crippen molar-refractivity contribution in [3.05, 3.63) is 21.6 Å². The van der Waals surface area contributed by atoms with Crippen molar-refractivity contribution >= 4 is 23.1 Å². The Balaban J connectivity index is 2.05. The molecule has 2 unspecified atom stereocenters. The van der Waals surface area contributed by atoms with Gasteiger partial charge in [-0.05, 0) is 25.2 Å². The normalized spacial score (nSPS) is 23.0. The molecule has 0 radical (unpaired) electrons. The van der Waals surface area contributed by atoms with Gasteiger partial charge in [0, 0.05) is 6.54 Å². The molecule has 0 bridgehead atoms. The fourth-order valence-corrected chi connectivity index (χ4v) is 2.33. The van der Waals surface area contributed by atoms with E-state index in [1.54, 1.807) is 0 Å². The maximum absolute atomic E-state index is 10.9. The third kappa shape index (κ3) is 2.85. The largest absolute Gasteiger partial charge is 0.393 e. The first-order valence-electron chi connectivity index (χ1n) is 5.64. The number of hydrogen-bond acceptors (Lipinski definition) is 6. The highest BCUT2D eigenvalue weighted by Crippen LogP contribution is 2.30. The maximum Gasteiger partial charge on any atom is 0.348 e. The van der Waals surface area contributed by atoms with Crippen LogP contribution in [0.5, 0.6) is 0 Å². The number of nitro groups is 1. The van der Waals surface area contributed by atoms with Gasteiger partial charge in [0.1, 0.15) is 6.33 Å². The van der Waals surface area contributed by atoms with Crippen molar-refractivity contribution in [1.82, 2.24) is 9.97 Å². The first kappa shape index (κ1) is 13.0. The van der Waals surface area contributed by atoms with E-state index in [1.165, 1.54) is 6.33 Å². The molecule has 1 aromatic rings. The summed E-state index contributed by atoms with van der Waals surface area (Å²) in [5, 5.41) is 23.0. The first-order chi connectivity index (χ1) is 8.58. The fraction of sp³-hybridized carbons (Fsp3) is 0.600. The maximum atomic E-state index is 10.9. The van der Waals surface area contributed by atoms with Crippen LogP contribution >= 0.6 is 11.6 Å². The molecule has 1 aromatic heterocycles. The van der Waals surface area contributed by atoms with E-state index in [0.717, 1.165) is 12.8 Å². The molecule has 1 aliphatic rings. The number of hydrogen-bond donors (Lipinski definition) is 2. The van der Waals surface area contributed by atoms with Crippen molar-refractivity contribution in [3.8, 4) is 0 Å². The Morgan fingerprint density at radius 2 is 2.33 bits per heavy atom. The number of halogens is 1. The molecule has 2 atom stereocenters. The summed E-state index contributed by atoms with van der Waals surface area (Å²) in [4.78, 5) is 17.7. The number of anilines is 1. The van der Waals surface area contributed by atoms with Crippen molar-refractivity contribution in [1.29, 1.82) is 0 Å². The Hall–Kier alpha value is -1.47. The monoisotopic (exact) mass is 272 g/mol. The SMILES string of the molecule is O=[N+]([O-])c1c(Cl)ncnc1NCC1CCC(O)C1. The molecule has 1 heterocycles. The van der Waals surface area contributed by atoms with Crippen LogP contribution in [0.2, 0.25) is 5.15 Å². The molecule has 0 spiro atoms. The third-order valence-corrected chi connectivity index (χ3v) is 3.31. The van der Waals surface area contributed by atoms with Crippen LogP contribution < -0.4 is 5.32 Å². The van der Waals surface area contributed by atoms with E-state index in [-0.39, 0.29) is 22.8 Å². The molecule has 1 fully saturated rings. The van der Waals surface area contributed by atoms with Crippen LogP contribution in [0.15, 0.2) is 6.33 Å². The minimum atomic E-state index is -0.603. The van der Waals surface area contributed by atoms with Gasteiger partial charge in [-0.3, -0.25) is 10.1 Å². The Kier molecular flexibility index (Phi) is 3.93. The summed E-state index contributed by atoms with van der Waals surface area (Å²) in [7, 11) is 0. The van der Waals surface area contributed by atoms with Gasteiger partial charge in [0.25, 0.3) is 0 Å². The number of nitrogens with one attached hydrogen (secondary N) is 1. The van der Waals surface area contributed by atoms with Crippen LogP contribution in [0.25, 0.3) is 0 Å². The topological polar surface area (TPSA) is 101 Å². The van der Waals surface area contributed by atoms with E-state index in [9.17, 15) is 15.2 Å². The zero-order valence-corrected chi connectivity index (χ0v) is 10.3. The molecule has 0 saturated heterocycles. The highest BCUT2D eigenvalue weighted by Gasteiger charge is 2.25. The molecular weight excluding hydrogens is 260 g/mol. The number of aliphatic hydroxyl groups is 1. The number of aromatic nitrogens is 2. The average Bonchev–Trinajstić information content (AvgIpc) is 2.72. The van der Waals surface area contributed by atoms with Gasteiger partial charge in [0.2, 0.25) is 11.0 Å². The van der Waals surface area contributed by atoms with Crippen LogP contribution in [0.4, 0.5) is 11.5 Å². The molecule has 0 aliphatic heterocycles. The van der Waals surface area contributed by atoms with Gasteiger partial charge in [-0.1, -0.05) is 11.6 Å². The fourth-order valence-electron chi connectivity index (χ4n) is 2.12. The summed E-state index contributed by atoms with van der Waals surface area (Å²) in [6.45, 7) is 0.533. The van der Waals surface area contributed by atoms with Crippen molar-refractivity contribution in [3.63, 3.8) is 0 Å². The molecule has 7 nitrogen and oxygen atoms in total. The lowest BCUT2D eigenvalue weighted by molar-refractivity contribution is -0.384. The Bertz CT molecular complexity index is 457. The average molecular weight is 273 g/mol. The lowest BCUT2D eigenvalue weighted by atomic mass is 10.1. The second-order valence-electron chi connectivity index (χ2n) is 4.33. The smallest absolute Gasteiger partial charge is 0.348 e. The predicted molar refractivity (Wildman–Crippen MR) is 65.5 cm³/mol. The van der Waals surface area contributed by atoms with Crippen LogP contribution in [0.3, 0.4) is 0 Å². The van der Waals surface area contributed by atoms with E-state index in [1.807, 2.05) is 0 Å². The van der Waals surface area contributed by atoms with E-state index in [2.05, 4.69) is 15.3 Å². The summed E-state index contributed by atoms with van der Waals surface area (Å²) >= 11 is 5.67. The van der Waals surface area contributed by atoms with Crippen molar-refractivity contribution in [2.75, 3.05) is 11.9 Å². The minimum Gasteiger partial charge on any atom is -0.393 e. The standard InChI is InChI=1S/C10H13ClN4O3/c11-9-8(15(17)18)10(14-5-13-9)12-4-6-1-2-7(16)3-6/h5-7,16H,1-4H2,(H,12,13,14). The van der Waals surface area contributed by atoms with Crippen molar-refractivity contribution in [2.24, 2.45) is 5.92 Å². The van der Waals surface area contributed by atoms with Crippen LogP contribution in [-0.2, 0) is 0 Å². The molecular formula is C10H13ClN4O3. The summed E-state index contributed by atoms with van der Waals surface area (Å²) in [6.07, 6.45) is 3.31. The number of rotatable bonds is 4. The van der Waals surface area contributed by atoms with E-state index < -0.39 is 4.92 Å². The number of nitrogens with zero attached hydrogens (tertiary/aromatic N) is 3. The van der Waals surface area contributed by atoms with Gasteiger partial charge in [-0.2, -0.15) is 0 Å². The summed E-state index contributed by atoms with van der Waals surface area (Å²) in [5.41, 5.74) is -0.308. The highest BCUT2D eigenvalue weighted by atomic mass is 35.5. The molecule has 18 heavy (non-hydrogen) atoms. The van der Waals surface area contributed by atoms with Gasteiger partial charge in [0.15, 0.2) is 0 Å². The molecule has 1 saturated carbocycles. The van der Waals surface area contributed by atoms with Gasteiger partial charge >= 0.3 is 5.69 Å². The van der Waals surface area contributed by atoms with Crippen LogP contribution in [0.1, 0.15) is 19.3 Å². The Morgan fingerprint density at radius 3 is 2.94 bits per heavy atom. The Morgan fingerprint density at radius 1 is 1.56 bits per heavy atom. The van der Waals surface area contributed by atoms with Gasteiger partial charge in [0.05, 0.1) is 11.0 Å². The predicted octanol–water partition coefficient (Wildman–Crippen LogP) is 1.61. The second kappa shape index (κ2) is 5.45. The molecule has 0 amide bonds. The van der Waals surface area contributed by atoms with E-state index in [4.69, 9.17) is 11.6 Å². The molecule has 2 N–H and O–H groups in total. The van der Waals surface area contributed by atoms with Crippen LogP contribution in [0, 0.1) is 16.0 Å². The molecule has 2 rings (SSSR count). The van der Waals surface area contributed by atoms with Gasteiger partial charge < -0.3 is 10.4 Å².